The molecule has 0 spiro atoms. The van der Waals surface area contributed by atoms with Gasteiger partial charge in [0.2, 0.25) is 0 Å². The highest BCUT2D eigenvalue weighted by Gasteiger charge is 2.06. The molecule has 0 saturated carbocycles. The average molecular weight is 172 g/mol. The molecular formula is C8H12O4. The maximum absolute atomic E-state index is 10.4. The Morgan fingerprint density at radius 3 is 2.17 bits per heavy atom. The van der Waals surface area contributed by atoms with Crippen LogP contribution in [0.5, 0.6) is 0 Å². The summed E-state index contributed by atoms with van der Waals surface area (Å²) >= 11 is 0. The van der Waals surface area contributed by atoms with E-state index in [0.29, 0.717) is 12.8 Å². The Morgan fingerprint density at radius 1 is 1.25 bits per heavy atom. The van der Waals surface area contributed by atoms with Crippen LogP contribution >= 0.6 is 0 Å². The highest BCUT2D eigenvalue weighted by Crippen LogP contribution is 2.07. The minimum atomic E-state index is -0.970. The first-order valence-corrected chi connectivity index (χ1v) is 3.68. The molecule has 12 heavy (non-hydrogen) atoms. The molecule has 4 heteroatoms. The van der Waals surface area contributed by atoms with Crippen LogP contribution in [0.2, 0.25) is 0 Å². The van der Waals surface area contributed by atoms with Gasteiger partial charge in [0.05, 0.1) is 0 Å². The number of allylic oxidation sites excluding steroid dienone is 1. The Labute approximate surface area is 70.5 Å². The fourth-order valence-corrected chi connectivity index (χ4v) is 0.805. The second-order valence-corrected chi connectivity index (χ2v) is 2.37. The van der Waals surface area contributed by atoms with Crippen molar-refractivity contribution in [2.45, 2.75) is 26.2 Å². The zero-order chi connectivity index (χ0) is 9.56. The summed E-state index contributed by atoms with van der Waals surface area (Å²) < 4.78 is 0. The van der Waals surface area contributed by atoms with Crippen LogP contribution in [0.4, 0.5) is 0 Å². The lowest BCUT2D eigenvalue weighted by atomic mass is 10.1. The van der Waals surface area contributed by atoms with Gasteiger partial charge in [-0.3, -0.25) is 4.79 Å². The standard InChI is InChI=1S/C8H12O4/c1-2-6(8(11)12)4-3-5-7(9)10/h2H,3-5H2,1H3,(H,9,10)(H,11,12)/b6-2+. The van der Waals surface area contributed by atoms with Crippen LogP contribution in [0.3, 0.4) is 0 Å². The van der Waals surface area contributed by atoms with Crippen molar-refractivity contribution in [3.8, 4) is 0 Å². The summed E-state index contributed by atoms with van der Waals surface area (Å²) in [5, 5.41) is 16.8. The van der Waals surface area contributed by atoms with E-state index in [1.54, 1.807) is 6.92 Å². The van der Waals surface area contributed by atoms with E-state index in [2.05, 4.69) is 0 Å². The minimum absolute atomic E-state index is 0.0185. The predicted molar refractivity (Wildman–Crippen MR) is 42.9 cm³/mol. The van der Waals surface area contributed by atoms with Crippen LogP contribution in [0.25, 0.3) is 0 Å². The van der Waals surface area contributed by atoms with E-state index in [4.69, 9.17) is 10.2 Å². The van der Waals surface area contributed by atoms with Crippen LogP contribution in [0.1, 0.15) is 26.2 Å². The van der Waals surface area contributed by atoms with Crippen molar-refractivity contribution < 1.29 is 19.8 Å². The van der Waals surface area contributed by atoms with Gasteiger partial charge < -0.3 is 10.2 Å². The highest BCUT2D eigenvalue weighted by molar-refractivity contribution is 5.86. The highest BCUT2D eigenvalue weighted by atomic mass is 16.4. The number of carboxylic acids is 2. The molecule has 0 aromatic rings. The zero-order valence-electron chi connectivity index (χ0n) is 6.91. The van der Waals surface area contributed by atoms with Gasteiger partial charge in [0.25, 0.3) is 0 Å². The number of hydrogen-bond donors (Lipinski definition) is 2. The summed E-state index contributed by atoms with van der Waals surface area (Å²) in [5.41, 5.74) is 0.274. The molecule has 2 N–H and O–H groups in total. The number of hydrogen-bond acceptors (Lipinski definition) is 2. The molecule has 0 aromatic heterocycles. The molecule has 0 aliphatic rings. The molecule has 0 bridgehead atoms. The van der Waals surface area contributed by atoms with Gasteiger partial charge in [0.15, 0.2) is 0 Å². The van der Waals surface area contributed by atoms with E-state index >= 15 is 0 Å². The maximum atomic E-state index is 10.4. The van der Waals surface area contributed by atoms with E-state index in [-0.39, 0.29) is 12.0 Å². The second-order valence-electron chi connectivity index (χ2n) is 2.37. The van der Waals surface area contributed by atoms with Crippen LogP contribution in [0.15, 0.2) is 11.6 Å². The molecule has 0 fully saturated rings. The van der Waals surface area contributed by atoms with Gasteiger partial charge in [0.1, 0.15) is 0 Å². The minimum Gasteiger partial charge on any atom is -0.481 e. The third-order valence-corrected chi connectivity index (χ3v) is 1.46. The molecule has 0 aliphatic carbocycles. The Balaban J connectivity index is 3.76. The molecule has 0 radical (unpaired) electrons. The second kappa shape index (κ2) is 5.35. The topological polar surface area (TPSA) is 74.6 Å². The summed E-state index contributed by atoms with van der Waals surface area (Å²) in [7, 11) is 0. The van der Waals surface area contributed by atoms with Gasteiger partial charge >= 0.3 is 11.9 Å². The summed E-state index contributed by atoms with van der Waals surface area (Å²) in [6.45, 7) is 1.63. The SMILES string of the molecule is C/C=C(\CCCC(=O)O)C(=O)O. The molecule has 4 nitrogen and oxygen atoms in total. The predicted octanol–water partition coefficient (Wildman–Crippen LogP) is 1.27. The normalized spacial score (nSPS) is 11.2. The molecule has 68 valence electrons. The fraction of sp³-hybridized carbons (Fsp3) is 0.500. The average Bonchev–Trinajstić information content (AvgIpc) is 1.96. The molecule has 0 aromatic carbocycles. The maximum Gasteiger partial charge on any atom is 0.331 e. The molecular weight excluding hydrogens is 160 g/mol. The summed E-state index contributed by atoms with van der Waals surface area (Å²) in [6.07, 6.45) is 2.20. The fourth-order valence-electron chi connectivity index (χ4n) is 0.805. The van der Waals surface area contributed by atoms with Gasteiger partial charge in [-0.2, -0.15) is 0 Å². The van der Waals surface area contributed by atoms with Gasteiger partial charge in [0, 0.05) is 12.0 Å². The molecule has 0 rings (SSSR count). The third kappa shape index (κ3) is 4.49. The summed E-state index contributed by atoms with van der Waals surface area (Å²) in [5.74, 6) is -1.86. The van der Waals surface area contributed by atoms with E-state index < -0.39 is 11.9 Å². The van der Waals surface area contributed by atoms with Gasteiger partial charge in [-0.05, 0) is 19.8 Å². The number of rotatable bonds is 5. The lowest BCUT2D eigenvalue weighted by Gasteiger charge is -1.98. The lowest BCUT2D eigenvalue weighted by molar-refractivity contribution is -0.137. The number of carboxylic acid groups (broad SMARTS) is 2. The number of aliphatic carboxylic acids is 2. The van der Waals surface area contributed by atoms with Crippen LogP contribution in [-0.2, 0) is 9.59 Å². The van der Waals surface area contributed by atoms with Gasteiger partial charge in [-0.1, -0.05) is 6.08 Å². The quantitative estimate of drug-likeness (QED) is 0.612. The van der Waals surface area contributed by atoms with Crippen LogP contribution < -0.4 is 0 Å². The summed E-state index contributed by atoms with van der Waals surface area (Å²) in [6, 6.07) is 0. The van der Waals surface area contributed by atoms with Gasteiger partial charge in [-0.15, -0.1) is 0 Å². The summed E-state index contributed by atoms with van der Waals surface area (Å²) in [4.78, 5) is 20.5. The van der Waals surface area contributed by atoms with Crippen molar-refractivity contribution in [3.05, 3.63) is 11.6 Å². The van der Waals surface area contributed by atoms with E-state index in [9.17, 15) is 9.59 Å². The monoisotopic (exact) mass is 172 g/mol. The smallest absolute Gasteiger partial charge is 0.331 e. The van der Waals surface area contributed by atoms with Gasteiger partial charge in [-0.25, -0.2) is 4.79 Å². The molecule has 0 amide bonds. The van der Waals surface area contributed by atoms with Crippen molar-refractivity contribution in [2.75, 3.05) is 0 Å². The zero-order valence-corrected chi connectivity index (χ0v) is 6.91. The Bertz CT molecular complexity index is 205. The first-order valence-electron chi connectivity index (χ1n) is 3.68. The third-order valence-electron chi connectivity index (χ3n) is 1.46. The van der Waals surface area contributed by atoms with Crippen molar-refractivity contribution >= 4 is 11.9 Å². The van der Waals surface area contributed by atoms with Crippen molar-refractivity contribution in [1.82, 2.24) is 0 Å². The first kappa shape index (κ1) is 10.7. The van der Waals surface area contributed by atoms with E-state index in [1.165, 1.54) is 6.08 Å². The van der Waals surface area contributed by atoms with Crippen molar-refractivity contribution in [1.29, 1.82) is 0 Å². The van der Waals surface area contributed by atoms with Crippen LogP contribution in [0, 0.1) is 0 Å². The lowest BCUT2D eigenvalue weighted by Crippen LogP contribution is -2.01. The van der Waals surface area contributed by atoms with E-state index in [0.717, 1.165) is 0 Å². The molecule has 0 unspecified atom stereocenters. The van der Waals surface area contributed by atoms with Crippen molar-refractivity contribution in [3.63, 3.8) is 0 Å². The van der Waals surface area contributed by atoms with Crippen LogP contribution in [-0.4, -0.2) is 22.2 Å². The number of carbonyl (C=O) groups is 2. The Hall–Kier alpha value is -1.32. The van der Waals surface area contributed by atoms with E-state index in [1.807, 2.05) is 0 Å². The Morgan fingerprint density at radius 2 is 1.83 bits per heavy atom. The molecule has 0 atom stereocenters. The molecule has 0 heterocycles. The van der Waals surface area contributed by atoms with Crippen molar-refractivity contribution in [2.24, 2.45) is 0 Å². The largest absolute Gasteiger partial charge is 0.481 e. The Kier molecular flexibility index (Phi) is 4.76. The molecule has 0 aliphatic heterocycles. The first-order chi connectivity index (χ1) is 5.57. The molecule has 0 saturated heterocycles.